The number of hydrogen-bond acceptors (Lipinski definition) is 15. The first-order chi connectivity index (χ1) is 33.6. The number of rotatable bonds is 30. The molecule has 0 spiro atoms. The molecular weight excluding hydrogens is 961 g/mol. The van der Waals surface area contributed by atoms with Crippen LogP contribution < -0.4 is 48.7 Å². The molecule has 392 valence electrons. The zero-order chi connectivity index (χ0) is 52.7. The molecule has 0 saturated heterocycles. The maximum Gasteiger partial charge on any atom is 0.407 e. The van der Waals surface area contributed by atoms with Crippen LogP contribution in [0.2, 0.25) is 0 Å². The molecule has 3 rings (SSSR count). The standard InChI is InChI=1S/C47H70N10O12S2/c1-27(59)19-39(61)54-38(45(67)56-36(24-58)28(2)60)26-71-70-25-37(57-42(64)32(48)20-29-13-7-6-8-14-29)43(65)52-23-40(62)53-35(21-30-22-51-33-16-10-9-15-31(30)33)44(66)55-34(41(49)63)17-11-12-18-50-46(68)69-47(3,4)5/h6-10,13-16,22,27-28,32,34-38,51,58-60H,11-12,17-21,23-26,48H2,1-5H3,(H2,49,63)(H,50,68)(H,52,65)(H,53,62)(H,54,61)(H,55,66)(H,56,67)(H,57,64)/t27-,28-,32-,34+,35-,36-,37+,38+/m1/s1. The van der Waals surface area contributed by atoms with E-state index in [4.69, 9.17) is 16.2 Å². The third-order valence-electron chi connectivity index (χ3n) is 10.5. The number of para-hydroxylation sites is 1. The van der Waals surface area contributed by atoms with Crippen molar-refractivity contribution in [1.82, 2.24) is 42.2 Å². The molecule has 1 aromatic heterocycles. The van der Waals surface area contributed by atoms with Gasteiger partial charge >= 0.3 is 6.09 Å². The van der Waals surface area contributed by atoms with Crippen LogP contribution in [0.3, 0.4) is 0 Å². The number of nitrogens with two attached hydrogens (primary N) is 2. The summed E-state index contributed by atoms with van der Waals surface area (Å²) in [5, 5.41) is 48.2. The second-order valence-corrected chi connectivity index (χ2v) is 20.5. The number of hydrogen-bond donors (Lipinski definition) is 13. The summed E-state index contributed by atoms with van der Waals surface area (Å²) in [6.45, 7) is 6.95. The summed E-state index contributed by atoms with van der Waals surface area (Å²) in [5.41, 5.74) is 13.5. The van der Waals surface area contributed by atoms with E-state index in [0.29, 0.717) is 18.4 Å². The molecule has 3 aromatic rings. The number of H-pyrrole nitrogens is 1. The summed E-state index contributed by atoms with van der Waals surface area (Å²) < 4.78 is 5.23. The summed E-state index contributed by atoms with van der Waals surface area (Å²) in [6.07, 6.45) is -0.324. The average Bonchev–Trinajstić information content (AvgIpc) is 3.71. The zero-order valence-corrected chi connectivity index (χ0v) is 42.3. The molecule has 15 N–H and O–H groups in total. The molecule has 71 heavy (non-hydrogen) atoms. The van der Waals surface area contributed by atoms with Crippen molar-refractivity contribution in [3.05, 3.63) is 71.9 Å². The highest BCUT2D eigenvalue weighted by Crippen LogP contribution is 2.24. The number of unbranched alkanes of at least 4 members (excludes halogenated alkanes) is 1. The van der Waals surface area contributed by atoms with E-state index in [9.17, 15) is 53.7 Å². The minimum absolute atomic E-state index is 0.0369. The van der Waals surface area contributed by atoms with E-state index in [1.165, 1.54) is 13.8 Å². The number of carbonyl (C=O) groups excluding carboxylic acids is 8. The Kier molecular flexibility index (Phi) is 25.2. The Morgan fingerprint density at radius 3 is 1.94 bits per heavy atom. The van der Waals surface area contributed by atoms with Crippen molar-refractivity contribution in [2.75, 3.05) is 31.2 Å². The van der Waals surface area contributed by atoms with Gasteiger partial charge in [-0.3, -0.25) is 33.6 Å². The number of alkyl carbamates (subject to hydrolysis) is 1. The van der Waals surface area contributed by atoms with Gasteiger partial charge in [0.2, 0.25) is 41.4 Å². The third-order valence-corrected chi connectivity index (χ3v) is 12.9. The van der Waals surface area contributed by atoms with E-state index in [1.54, 1.807) is 57.3 Å². The maximum atomic E-state index is 13.9. The fraction of sp³-hybridized carbons (Fsp3) is 0.532. The SMILES string of the molecule is C[C@@H](O)CC(=O)N[C@@H](CSSC[C@H](NC(=O)[C@H](N)Cc1ccccc1)C(=O)NCC(=O)N[C@H](Cc1c[nH]c2ccccc12)C(=O)N[C@@H](CCCCNC(=O)OC(C)(C)C)C(N)=O)C(=O)N[C@H](CO)[C@@H](C)O. The van der Waals surface area contributed by atoms with Crippen LogP contribution in [-0.4, -0.2) is 153 Å². The molecule has 0 radical (unpaired) electrons. The summed E-state index contributed by atoms with van der Waals surface area (Å²) in [5.74, 6) is -5.44. The molecule has 0 unspecified atom stereocenters. The molecule has 24 heteroatoms. The van der Waals surface area contributed by atoms with Gasteiger partial charge in [0, 0.05) is 41.6 Å². The number of aliphatic hydroxyl groups is 3. The Morgan fingerprint density at radius 2 is 1.32 bits per heavy atom. The van der Waals surface area contributed by atoms with Crippen LogP contribution >= 0.6 is 21.6 Å². The van der Waals surface area contributed by atoms with E-state index in [-0.39, 0.29) is 43.7 Å². The van der Waals surface area contributed by atoms with Crippen LogP contribution in [-0.2, 0) is 51.1 Å². The van der Waals surface area contributed by atoms with Crippen molar-refractivity contribution in [2.24, 2.45) is 11.5 Å². The van der Waals surface area contributed by atoms with Crippen molar-refractivity contribution in [3.8, 4) is 0 Å². The molecule has 0 aliphatic carbocycles. The van der Waals surface area contributed by atoms with Crippen LogP contribution in [0.15, 0.2) is 60.8 Å². The highest BCUT2D eigenvalue weighted by molar-refractivity contribution is 8.76. The Balaban J connectivity index is 1.75. The van der Waals surface area contributed by atoms with Crippen molar-refractivity contribution in [2.45, 2.75) is 127 Å². The lowest BCUT2D eigenvalue weighted by Crippen LogP contribution is -2.56. The predicted molar refractivity (Wildman–Crippen MR) is 270 cm³/mol. The van der Waals surface area contributed by atoms with Crippen LogP contribution in [0, 0.1) is 0 Å². The number of benzene rings is 2. The van der Waals surface area contributed by atoms with Crippen LogP contribution in [0.4, 0.5) is 4.79 Å². The lowest BCUT2D eigenvalue weighted by Gasteiger charge is -2.24. The van der Waals surface area contributed by atoms with Gasteiger partial charge in [-0.05, 0) is 77.5 Å². The van der Waals surface area contributed by atoms with Crippen LogP contribution in [0.1, 0.15) is 71.4 Å². The quantitative estimate of drug-likeness (QED) is 0.0297. The lowest BCUT2D eigenvalue weighted by atomic mass is 10.0. The lowest BCUT2D eigenvalue weighted by molar-refractivity contribution is -0.132. The molecule has 1 heterocycles. The third kappa shape index (κ3) is 22.4. The van der Waals surface area contributed by atoms with Crippen molar-refractivity contribution in [3.63, 3.8) is 0 Å². The zero-order valence-electron chi connectivity index (χ0n) is 40.7. The largest absolute Gasteiger partial charge is 0.444 e. The van der Waals surface area contributed by atoms with Gasteiger partial charge in [0.05, 0.1) is 43.9 Å². The molecule has 0 bridgehead atoms. The van der Waals surface area contributed by atoms with E-state index in [2.05, 4.69) is 42.2 Å². The Hall–Kier alpha value is -5.92. The fourth-order valence-corrected chi connectivity index (χ4v) is 9.09. The second-order valence-electron chi connectivity index (χ2n) is 17.9. The molecule has 0 saturated carbocycles. The Labute approximate surface area is 420 Å². The minimum Gasteiger partial charge on any atom is -0.444 e. The number of aromatic amines is 1. The number of carbonyl (C=O) groups is 8. The molecule has 0 fully saturated rings. The topological polar surface area (TPSA) is 359 Å². The number of primary amides is 1. The van der Waals surface area contributed by atoms with Crippen molar-refractivity contribution < 1.29 is 58.4 Å². The van der Waals surface area contributed by atoms with E-state index >= 15 is 0 Å². The monoisotopic (exact) mass is 1030 g/mol. The molecule has 0 aliphatic rings. The normalized spacial score (nSPS) is 14.8. The number of nitrogens with one attached hydrogen (secondary N) is 8. The van der Waals surface area contributed by atoms with Crippen LogP contribution in [0.25, 0.3) is 10.9 Å². The number of ether oxygens (including phenoxy) is 1. The molecule has 22 nitrogen and oxygen atoms in total. The summed E-state index contributed by atoms with van der Waals surface area (Å²) >= 11 is 0. The number of amides is 8. The first-order valence-electron chi connectivity index (χ1n) is 23.2. The maximum absolute atomic E-state index is 13.9. The fourth-order valence-electron chi connectivity index (χ4n) is 6.76. The van der Waals surface area contributed by atoms with Gasteiger partial charge < -0.3 is 73.7 Å². The van der Waals surface area contributed by atoms with Crippen molar-refractivity contribution in [1.29, 1.82) is 0 Å². The van der Waals surface area contributed by atoms with Gasteiger partial charge in [-0.1, -0.05) is 70.1 Å². The second kappa shape index (κ2) is 30.1. The molecule has 8 atom stereocenters. The van der Waals surface area contributed by atoms with Gasteiger partial charge in [-0.25, -0.2) is 4.79 Å². The Bertz CT molecular complexity index is 2230. The molecule has 0 aliphatic heterocycles. The van der Waals surface area contributed by atoms with Crippen molar-refractivity contribution >= 4 is 79.9 Å². The molecule has 8 amide bonds. The number of aliphatic hydroxyl groups excluding tert-OH is 3. The van der Waals surface area contributed by atoms with E-state index in [1.807, 2.05) is 24.3 Å². The molecule has 2 aromatic carbocycles. The van der Waals surface area contributed by atoms with Gasteiger partial charge in [0.1, 0.15) is 29.8 Å². The van der Waals surface area contributed by atoms with E-state index in [0.717, 1.165) is 38.1 Å². The highest BCUT2D eigenvalue weighted by Gasteiger charge is 2.30. The smallest absolute Gasteiger partial charge is 0.407 e. The summed E-state index contributed by atoms with van der Waals surface area (Å²) in [4.78, 5) is 108. The summed E-state index contributed by atoms with van der Waals surface area (Å²) in [7, 11) is 2.08. The van der Waals surface area contributed by atoms with E-state index < -0.39 is 115 Å². The van der Waals surface area contributed by atoms with Gasteiger partial charge in [-0.2, -0.15) is 0 Å². The molecular formula is C47H70N10O12S2. The van der Waals surface area contributed by atoms with Gasteiger partial charge in [0.25, 0.3) is 0 Å². The number of aromatic nitrogens is 1. The van der Waals surface area contributed by atoms with Gasteiger partial charge in [0.15, 0.2) is 0 Å². The first kappa shape index (κ1) is 59.4. The Morgan fingerprint density at radius 1 is 0.718 bits per heavy atom. The van der Waals surface area contributed by atoms with Gasteiger partial charge in [-0.15, -0.1) is 0 Å². The highest BCUT2D eigenvalue weighted by atomic mass is 33.1. The minimum atomic E-state index is -1.30. The first-order valence-corrected chi connectivity index (χ1v) is 25.6. The summed E-state index contributed by atoms with van der Waals surface area (Å²) in [6, 6.07) is 9.20. The number of fused-ring (bicyclic) bond motifs is 1. The van der Waals surface area contributed by atoms with Crippen LogP contribution in [0.5, 0.6) is 0 Å². The predicted octanol–water partition coefficient (Wildman–Crippen LogP) is -0.474. The average molecular weight is 1030 g/mol.